The lowest BCUT2D eigenvalue weighted by atomic mass is 10.2. The Labute approximate surface area is 159 Å². The first-order valence-corrected chi connectivity index (χ1v) is 9.00. The summed E-state index contributed by atoms with van der Waals surface area (Å²) in [6, 6.07) is 15.0. The normalized spacial score (nSPS) is 16.7. The molecule has 0 spiro atoms. The van der Waals surface area contributed by atoms with Crippen LogP contribution in [0.4, 0.5) is 0 Å². The monoisotopic (exact) mass is 371 g/mol. The van der Waals surface area contributed by atoms with Gasteiger partial charge in [0.25, 0.3) is 5.91 Å². The fourth-order valence-electron chi connectivity index (χ4n) is 2.78. The number of benzene rings is 2. The number of nitrogens with zero attached hydrogens (tertiary/aromatic N) is 1. The minimum atomic E-state index is -0.163. The summed E-state index contributed by atoms with van der Waals surface area (Å²) in [4.78, 5) is 14.2. The lowest BCUT2D eigenvalue weighted by Gasteiger charge is -2.32. The molecule has 1 saturated heterocycles. The minimum Gasteiger partial charge on any atom is -0.497 e. The molecule has 2 aromatic rings. The second-order valence-electron chi connectivity index (χ2n) is 6.42. The Bertz CT molecular complexity index is 729. The molecule has 0 aromatic heterocycles. The Morgan fingerprint density at radius 1 is 1.04 bits per heavy atom. The zero-order chi connectivity index (χ0) is 19.1. The second kappa shape index (κ2) is 9.28. The van der Waals surface area contributed by atoms with Crippen molar-refractivity contribution >= 4 is 5.91 Å². The van der Waals surface area contributed by atoms with Gasteiger partial charge in [0.2, 0.25) is 0 Å². The van der Waals surface area contributed by atoms with Crippen LogP contribution in [0.5, 0.6) is 17.2 Å². The number of ether oxygens (including phenoxy) is 4. The zero-order valence-electron chi connectivity index (χ0n) is 15.7. The topological polar surface area (TPSA) is 57.2 Å². The smallest absolute Gasteiger partial charge is 0.260 e. The van der Waals surface area contributed by atoms with E-state index < -0.39 is 0 Å². The minimum absolute atomic E-state index is 0.0229. The lowest BCUT2D eigenvalue weighted by molar-refractivity contribution is -0.142. The molecule has 0 saturated carbocycles. The van der Waals surface area contributed by atoms with Gasteiger partial charge in [-0.15, -0.1) is 0 Å². The number of amides is 1. The predicted octanol–water partition coefficient (Wildman–Crippen LogP) is 2.69. The number of hydrogen-bond donors (Lipinski definition) is 0. The van der Waals surface area contributed by atoms with E-state index in [1.807, 2.05) is 55.5 Å². The summed E-state index contributed by atoms with van der Waals surface area (Å²) in [5.74, 6) is 2.17. The summed E-state index contributed by atoms with van der Waals surface area (Å²) in [5.41, 5.74) is 1.15. The molecule has 0 bridgehead atoms. The van der Waals surface area contributed by atoms with Crippen LogP contribution in [0.15, 0.2) is 48.5 Å². The Kier molecular flexibility index (Phi) is 6.54. The predicted molar refractivity (Wildman–Crippen MR) is 101 cm³/mol. The van der Waals surface area contributed by atoms with E-state index in [1.165, 1.54) is 0 Å². The van der Waals surface area contributed by atoms with Crippen molar-refractivity contribution in [3.63, 3.8) is 0 Å². The second-order valence-corrected chi connectivity index (χ2v) is 6.42. The molecule has 6 nitrogen and oxygen atoms in total. The van der Waals surface area contributed by atoms with Gasteiger partial charge in [-0.05, 0) is 43.3 Å². The summed E-state index contributed by atoms with van der Waals surface area (Å²) < 4.78 is 22.2. The Balaban J connectivity index is 1.44. The Morgan fingerprint density at radius 2 is 1.67 bits per heavy atom. The van der Waals surface area contributed by atoms with Gasteiger partial charge < -0.3 is 23.8 Å². The van der Waals surface area contributed by atoms with Crippen LogP contribution in [0.2, 0.25) is 0 Å². The highest BCUT2D eigenvalue weighted by Crippen LogP contribution is 2.18. The van der Waals surface area contributed by atoms with Gasteiger partial charge in [0.05, 0.1) is 20.3 Å². The molecule has 1 unspecified atom stereocenters. The molecule has 6 heteroatoms. The zero-order valence-corrected chi connectivity index (χ0v) is 15.7. The van der Waals surface area contributed by atoms with Gasteiger partial charge >= 0.3 is 0 Å². The third kappa shape index (κ3) is 5.62. The van der Waals surface area contributed by atoms with Gasteiger partial charge in [0, 0.05) is 6.54 Å². The largest absolute Gasteiger partial charge is 0.497 e. The van der Waals surface area contributed by atoms with E-state index in [4.69, 9.17) is 18.9 Å². The lowest BCUT2D eigenvalue weighted by Crippen LogP contribution is -2.49. The van der Waals surface area contributed by atoms with E-state index in [1.54, 1.807) is 12.0 Å². The number of carbonyl (C=O) groups excluding carboxylic acids is 1. The van der Waals surface area contributed by atoms with Crippen molar-refractivity contribution < 1.29 is 23.7 Å². The van der Waals surface area contributed by atoms with E-state index in [0.717, 1.165) is 17.1 Å². The molecular formula is C21H25NO5. The highest BCUT2D eigenvalue weighted by molar-refractivity contribution is 5.77. The van der Waals surface area contributed by atoms with Gasteiger partial charge in [-0.2, -0.15) is 0 Å². The summed E-state index contributed by atoms with van der Waals surface area (Å²) >= 11 is 0. The van der Waals surface area contributed by atoms with Gasteiger partial charge in [-0.25, -0.2) is 0 Å². The molecule has 1 aliphatic heterocycles. The molecule has 0 radical (unpaired) electrons. The van der Waals surface area contributed by atoms with Crippen LogP contribution in [0.1, 0.15) is 5.56 Å². The molecule has 1 aliphatic rings. The fraction of sp³-hybridized carbons (Fsp3) is 0.381. The summed E-state index contributed by atoms with van der Waals surface area (Å²) in [5, 5.41) is 0. The summed E-state index contributed by atoms with van der Waals surface area (Å²) in [6.45, 7) is 3.97. The SMILES string of the molecule is COc1ccc(OCC2CN(C(=O)COc3ccc(C)cc3)CCO2)cc1. The van der Waals surface area contributed by atoms with Crippen LogP contribution >= 0.6 is 0 Å². The molecule has 144 valence electrons. The van der Waals surface area contributed by atoms with Crippen LogP contribution in [0, 0.1) is 6.92 Å². The molecular weight excluding hydrogens is 346 g/mol. The van der Waals surface area contributed by atoms with Crippen LogP contribution in [-0.2, 0) is 9.53 Å². The number of hydrogen-bond acceptors (Lipinski definition) is 5. The highest BCUT2D eigenvalue weighted by atomic mass is 16.5. The number of rotatable bonds is 7. The van der Waals surface area contributed by atoms with Crippen LogP contribution < -0.4 is 14.2 Å². The molecule has 1 atom stereocenters. The van der Waals surface area contributed by atoms with E-state index >= 15 is 0 Å². The number of methoxy groups -OCH3 is 1. The fourth-order valence-corrected chi connectivity index (χ4v) is 2.78. The first-order chi connectivity index (χ1) is 13.1. The molecule has 0 N–H and O–H groups in total. The standard InChI is InChI=1S/C21H25NO5/c1-16-3-5-18(6-4-16)27-15-21(23)22-11-12-25-20(13-22)14-26-19-9-7-17(24-2)8-10-19/h3-10,20H,11-15H2,1-2H3. The van der Waals surface area contributed by atoms with Crippen molar-refractivity contribution in [2.24, 2.45) is 0 Å². The first-order valence-electron chi connectivity index (χ1n) is 9.00. The van der Waals surface area contributed by atoms with E-state index in [2.05, 4.69) is 0 Å². The van der Waals surface area contributed by atoms with Crippen molar-refractivity contribution in [3.05, 3.63) is 54.1 Å². The Hall–Kier alpha value is -2.73. The molecule has 3 rings (SSSR count). The van der Waals surface area contributed by atoms with Crippen molar-refractivity contribution in [1.29, 1.82) is 0 Å². The maximum Gasteiger partial charge on any atom is 0.260 e. The van der Waals surface area contributed by atoms with Crippen molar-refractivity contribution in [2.75, 3.05) is 40.0 Å². The molecule has 27 heavy (non-hydrogen) atoms. The van der Waals surface area contributed by atoms with Crippen molar-refractivity contribution in [1.82, 2.24) is 4.90 Å². The average Bonchev–Trinajstić information content (AvgIpc) is 2.72. The van der Waals surface area contributed by atoms with Gasteiger partial charge in [0.15, 0.2) is 6.61 Å². The third-order valence-electron chi connectivity index (χ3n) is 4.37. The summed E-state index contributed by atoms with van der Waals surface area (Å²) in [7, 11) is 1.62. The van der Waals surface area contributed by atoms with Crippen molar-refractivity contribution in [3.8, 4) is 17.2 Å². The van der Waals surface area contributed by atoms with E-state index in [9.17, 15) is 4.79 Å². The number of morpholine rings is 1. The molecule has 1 amide bonds. The van der Waals surface area contributed by atoms with Crippen LogP contribution in [0.3, 0.4) is 0 Å². The quantitative estimate of drug-likeness (QED) is 0.749. The molecule has 1 heterocycles. The van der Waals surface area contributed by atoms with Crippen LogP contribution in [0.25, 0.3) is 0 Å². The molecule has 2 aromatic carbocycles. The number of carbonyl (C=O) groups is 1. The molecule has 0 aliphatic carbocycles. The maximum atomic E-state index is 12.4. The maximum absolute atomic E-state index is 12.4. The third-order valence-corrected chi connectivity index (χ3v) is 4.37. The average molecular weight is 371 g/mol. The Morgan fingerprint density at radius 3 is 2.37 bits per heavy atom. The highest BCUT2D eigenvalue weighted by Gasteiger charge is 2.25. The van der Waals surface area contributed by atoms with Gasteiger partial charge in [0.1, 0.15) is 30.0 Å². The van der Waals surface area contributed by atoms with Crippen molar-refractivity contribution in [2.45, 2.75) is 13.0 Å². The first kappa shape index (κ1) is 19.0. The van der Waals surface area contributed by atoms with Crippen LogP contribution in [-0.4, -0.2) is 56.9 Å². The van der Waals surface area contributed by atoms with Gasteiger partial charge in [-0.3, -0.25) is 4.79 Å². The van der Waals surface area contributed by atoms with Gasteiger partial charge in [-0.1, -0.05) is 17.7 Å². The summed E-state index contributed by atoms with van der Waals surface area (Å²) in [6.07, 6.45) is -0.163. The molecule has 1 fully saturated rings. The van der Waals surface area contributed by atoms with E-state index in [-0.39, 0.29) is 18.6 Å². The number of aryl methyl sites for hydroxylation is 1. The van der Waals surface area contributed by atoms with E-state index in [0.29, 0.717) is 32.1 Å².